The molecule has 1 heterocycles. The predicted octanol–water partition coefficient (Wildman–Crippen LogP) is 11.0. The Morgan fingerprint density at radius 1 is 0.822 bits per heavy atom. The number of hydrogen-bond acceptors (Lipinski definition) is 6. The minimum atomic E-state index is -0.358. The first-order valence-electron chi connectivity index (χ1n) is 18.7. The van der Waals surface area contributed by atoms with Crippen molar-refractivity contribution in [2.75, 3.05) is 40.0 Å². The molecule has 0 saturated carbocycles. The quantitative estimate of drug-likeness (QED) is 0.0978. The van der Waals surface area contributed by atoms with Crippen LogP contribution < -0.4 is 9.47 Å². The van der Waals surface area contributed by atoms with E-state index in [2.05, 4.69) is 63.6 Å². The van der Waals surface area contributed by atoms with Gasteiger partial charge in [0.05, 0.1) is 0 Å². The molecular formula is C39H80N2O4. The first-order valence-corrected chi connectivity index (χ1v) is 18.7. The maximum Gasteiger partial charge on any atom is 0.231 e. The highest BCUT2D eigenvalue weighted by atomic mass is 16.7. The number of nitrogens with zero attached hydrogens (tertiary/aromatic N) is 2. The van der Waals surface area contributed by atoms with Crippen LogP contribution in [0.15, 0.2) is 18.2 Å². The largest absolute Gasteiger partial charge is 0.454 e. The minimum absolute atomic E-state index is 0.332. The molecule has 0 amide bonds. The minimum Gasteiger partial charge on any atom is -0.454 e. The van der Waals surface area contributed by atoms with Crippen molar-refractivity contribution in [2.24, 2.45) is 5.92 Å². The van der Waals surface area contributed by atoms with Gasteiger partial charge in [-0.1, -0.05) is 115 Å². The average Bonchev–Trinajstić information content (AvgIpc) is 3.56. The number of fused-ring (bicyclic) bond motifs is 1. The number of hydrogen-bond donors (Lipinski definition) is 1. The molecule has 3 atom stereocenters. The van der Waals surface area contributed by atoms with Crippen LogP contribution in [0.3, 0.4) is 0 Å². The molecule has 0 saturated heterocycles. The average molecular weight is 641 g/mol. The van der Waals surface area contributed by atoms with Gasteiger partial charge >= 0.3 is 0 Å². The van der Waals surface area contributed by atoms with Crippen molar-refractivity contribution < 1.29 is 19.4 Å². The second-order valence-corrected chi connectivity index (χ2v) is 10.9. The van der Waals surface area contributed by atoms with E-state index in [0.29, 0.717) is 25.0 Å². The van der Waals surface area contributed by atoms with Crippen LogP contribution in [0.4, 0.5) is 0 Å². The van der Waals surface area contributed by atoms with E-state index in [-0.39, 0.29) is 6.23 Å². The van der Waals surface area contributed by atoms with Gasteiger partial charge in [0.25, 0.3) is 0 Å². The molecule has 0 fully saturated rings. The van der Waals surface area contributed by atoms with Gasteiger partial charge in [-0.05, 0) is 95.2 Å². The third-order valence-corrected chi connectivity index (χ3v) is 7.34. The lowest BCUT2D eigenvalue weighted by atomic mass is 9.86. The molecule has 0 aromatic heterocycles. The number of carbonyl (C=O) groups is 1. The van der Waals surface area contributed by atoms with Gasteiger partial charge in [0, 0.05) is 13.0 Å². The van der Waals surface area contributed by atoms with E-state index in [1.165, 1.54) is 57.2 Å². The summed E-state index contributed by atoms with van der Waals surface area (Å²) in [5, 5.41) is 9.72. The number of unbranched alkanes of at least 4 members (excludes halogenated alkanes) is 4. The van der Waals surface area contributed by atoms with E-state index >= 15 is 0 Å². The van der Waals surface area contributed by atoms with Crippen LogP contribution in [0, 0.1) is 5.92 Å². The van der Waals surface area contributed by atoms with E-state index in [4.69, 9.17) is 9.47 Å². The molecular weight excluding hydrogens is 560 g/mol. The van der Waals surface area contributed by atoms with Gasteiger partial charge in [-0.2, -0.15) is 0 Å². The molecule has 1 aromatic rings. The second-order valence-electron chi connectivity index (χ2n) is 10.9. The van der Waals surface area contributed by atoms with Gasteiger partial charge in [0.15, 0.2) is 11.5 Å². The number of aliphatic hydroxyl groups is 1. The molecule has 45 heavy (non-hydrogen) atoms. The molecule has 6 heteroatoms. The van der Waals surface area contributed by atoms with Gasteiger partial charge in [0.2, 0.25) is 6.79 Å². The van der Waals surface area contributed by atoms with Gasteiger partial charge < -0.3 is 24.3 Å². The fourth-order valence-electron chi connectivity index (χ4n) is 4.65. The smallest absolute Gasteiger partial charge is 0.231 e. The number of aliphatic hydroxyl groups excluding tert-OH is 1. The molecule has 0 aliphatic carbocycles. The van der Waals surface area contributed by atoms with Gasteiger partial charge in [-0.15, -0.1) is 0 Å². The fourth-order valence-corrected chi connectivity index (χ4v) is 4.65. The lowest BCUT2D eigenvalue weighted by Crippen LogP contribution is -2.34. The zero-order chi connectivity index (χ0) is 35.5. The van der Waals surface area contributed by atoms with Crippen molar-refractivity contribution in [1.82, 2.24) is 9.80 Å². The van der Waals surface area contributed by atoms with Crippen molar-refractivity contribution in [3.8, 4) is 11.5 Å². The summed E-state index contributed by atoms with van der Waals surface area (Å²) in [7, 11) is 2.24. The maximum atomic E-state index is 9.72. The fraction of sp³-hybridized carbons (Fsp3) is 0.821. The van der Waals surface area contributed by atoms with Crippen LogP contribution in [0.2, 0.25) is 0 Å². The van der Waals surface area contributed by atoms with Crippen LogP contribution >= 0.6 is 0 Å². The first kappa shape index (κ1) is 50.2. The Morgan fingerprint density at radius 3 is 1.87 bits per heavy atom. The van der Waals surface area contributed by atoms with E-state index in [1.54, 1.807) is 0 Å². The number of rotatable bonds is 18. The Bertz CT molecular complexity index is 714. The van der Waals surface area contributed by atoms with Crippen molar-refractivity contribution >= 4 is 6.29 Å². The van der Waals surface area contributed by atoms with E-state index < -0.39 is 0 Å². The molecule has 2 rings (SSSR count). The molecule has 270 valence electrons. The lowest BCUT2D eigenvalue weighted by Gasteiger charge is -2.26. The van der Waals surface area contributed by atoms with Crippen molar-refractivity contribution in [3.05, 3.63) is 23.8 Å². The summed E-state index contributed by atoms with van der Waals surface area (Å²) < 4.78 is 10.9. The summed E-state index contributed by atoms with van der Waals surface area (Å²) in [5.74, 6) is 2.89. The summed E-state index contributed by atoms with van der Waals surface area (Å²) in [4.78, 5) is 13.7. The molecule has 0 spiro atoms. The van der Waals surface area contributed by atoms with Gasteiger partial charge in [0.1, 0.15) is 12.5 Å². The Kier molecular flexibility index (Phi) is 43.0. The normalized spacial score (nSPS) is 12.7. The summed E-state index contributed by atoms with van der Waals surface area (Å²) in [5.41, 5.74) is 1.34. The Labute approximate surface area is 282 Å². The van der Waals surface area contributed by atoms with Crippen molar-refractivity contribution in [3.63, 3.8) is 0 Å². The Hall–Kier alpha value is -1.63. The Balaban J connectivity index is -0.000000321. The van der Waals surface area contributed by atoms with Crippen LogP contribution in [0.1, 0.15) is 166 Å². The monoisotopic (exact) mass is 641 g/mol. The SMILES string of the molecule is CC.CC.CC.CCC(CC(C)CCN(CC)C(C)O)c1ccc2c(c1)OCO2.CCC=O.CCCCCCN(C)CCCC. The van der Waals surface area contributed by atoms with Gasteiger partial charge in [-0.3, -0.25) is 4.90 Å². The standard InChI is InChI=1S/C19H31NO3.C11H25N.C3H6O.3C2H6/c1-5-16(11-14(3)9-10-20(6-2)15(4)21)17-7-8-18-19(12-17)23-13-22-18;1-4-6-8-9-11-12(3)10-7-5-2;1-2-3-4;3*1-2/h7-8,12,14-16,21H,5-6,9-11,13H2,1-4H3;4-11H2,1-3H3;3H,2H2,1H3;3*1-2H3. The zero-order valence-electron chi connectivity index (χ0n) is 32.7. The molecule has 1 aromatic carbocycles. The topological polar surface area (TPSA) is 62.2 Å². The predicted molar refractivity (Wildman–Crippen MR) is 200 cm³/mol. The third kappa shape index (κ3) is 28.3. The highest BCUT2D eigenvalue weighted by Crippen LogP contribution is 2.37. The van der Waals surface area contributed by atoms with E-state index in [9.17, 15) is 9.90 Å². The van der Waals surface area contributed by atoms with Crippen LogP contribution in [0.5, 0.6) is 11.5 Å². The van der Waals surface area contributed by atoms with Crippen LogP contribution in [-0.2, 0) is 4.79 Å². The number of carbonyl (C=O) groups excluding carboxylic acids is 1. The molecule has 1 aliphatic heterocycles. The highest BCUT2D eigenvalue weighted by Gasteiger charge is 2.19. The molecule has 0 bridgehead atoms. The van der Waals surface area contributed by atoms with Gasteiger partial charge in [-0.25, -0.2) is 0 Å². The molecule has 1 aliphatic rings. The Morgan fingerprint density at radius 2 is 1.38 bits per heavy atom. The van der Waals surface area contributed by atoms with Crippen molar-refractivity contribution in [1.29, 1.82) is 0 Å². The molecule has 0 radical (unpaired) electrons. The number of benzene rings is 1. The van der Waals surface area contributed by atoms with E-state index in [1.807, 2.05) is 61.5 Å². The number of aldehydes is 1. The molecule has 1 N–H and O–H groups in total. The van der Waals surface area contributed by atoms with Crippen LogP contribution in [-0.4, -0.2) is 67.4 Å². The number of ether oxygens (including phenoxy) is 2. The summed E-state index contributed by atoms with van der Waals surface area (Å²) in [6.07, 6.45) is 12.8. The lowest BCUT2D eigenvalue weighted by molar-refractivity contribution is -0.107. The second kappa shape index (κ2) is 38.6. The molecule has 6 nitrogen and oxygen atoms in total. The zero-order valence-corrected chi connectivity index (χ0v) is 32.7. The van der Waals surface area contributed by atoms with Crippen LogP contribution in [0.25, 0.3) is 0 Å². The molecule has 3 unspecified atom stereocenters. The third-order valence-electron chi connectivity index (χ3n) is 7.34. The van der Waals surface area contributed by atoms with E-state index in [0.717, 1.165) is 50.1 Å². The summed E-state index contributed by atoms with van der Waals surface area (Å²) in [6.45, 7) is 31.6. The first-order chi connectivity index (χ1) is 21.8. The highest BCUT2D eigenvalue weighted by molar-refractivity contribution is 5.48. The summed E-state index contributed by atoms with van der Waals surface area (Å²) >= 11 is 0. The summed E-state index contributed by atoms with van der Waals surface area (Å²) in [6, 6.07) is 6.33. The maximum absolute atomic E-state index is 9.72. The van der Waals surface area contributed by atoms with Crippen molar-refractivity contribution in [2.45, 2.75) is 166 Å².